The quantitative estimate of drug-likeness (QED) is 0.182. The fraction of sp³-hybridized carbons (Fsp3) is 0.303. The minimum Gasteiger partial charge on any atom is -0.497 e. The number of fused-ring (bicyclic) bond motifs is 1. The van der Waals surface area contributed by atoms with Crippen LogP contribution in [0.3, 0.4) is 0 Å². The van der Waals surface area contributed by atoms with Crippen LogP contribution in [-0.2, 0) is 11.2 Å². The molecule has 5 rings (SSSR count). The van der Waals surface area contributed by atoms with Crippen LogP contribution in [0.1, 0.15) is 37.3 Å². The number of hydrogen-bond donors (Lipinski definition) is 0. The molecule has 0 bridgehead atoms. The van der Waals surface area contributed by atoms with Crippen molar-refractivity contribution >= 4 is 16.7 Å². The van der Waals surface area contributed by atoms with Gasteiger partial charge in [0.15, 0.2) is 0 Å². The van der Waals surface area contributed by atoms with Crippen molar-refractivity contribution in [1.29, 1.82) is 0 Å². The number of benzene rings is 4. The summed E-state index contributed by atoms with van der Waals surface area (Å²) in [5, 5.41) is 2.16. The van der Waals surface area contributed by atoms with Gasteiger partial charge in [-0.3, -0.25) is 9.69 Å². The van der Waals surface area contributed by atoms with Crippen LogP contribution in [0, 0.1) is 0 Å². The Balaban J connectivity index is 1.40. The van der Waals surface area contributed by atoms with Crippen LogP contribution in [0.15, 0.2) is 78.9 Å². The molecule has 5 nitrogen and oxygen atoms in total. The molecule has 0 radical (unpaired) electrons. The molecule has 0 aliphatic carbocycles. The number of piperidine rings is 1. The zero-order valence-corrected chi connectivity index (χ0v) is 22.2. The maximum atomic E-state index is 11.5. The van der Waals surface area contributed by atoms with E-state index in [0.717, 1.165) is 46.4 Å². The number of hydrogen-bond acceptors (Lipinski definition) is 5. The topological polar surface area (TPSA) is 48.0 Å². The molecule has 0 N–H and O–H groups in total. The molecule has 1 aliphatic rings. The van der Waals surface area contributed by atoms with E-state index in [0.29, 0.717) is 12.4 Å². The Morgan fingerprint density at radius 3 is 2.39 bits per heavy atom. The smallest absolute Gasteiger partial charge is 0.308 e. The molecular formula is C33H35NO4. The molecule has 0 spiro atoms. The molecular weight excluding hydrogens is 474 g/mol. The third kappa shape index (κ3) is 6.35. The summed E-state index contributed by atoms with van der Waals surface area (Å²) < 4.78 is 16.9. The van der Waals surface area contributed by atoms with Crippen molar-refractivity contribution in [2.24, 2.45) is 0 Å². The normalized spacial score (nSPS) is 13.8. The summed E-state index contributed by atoms with van der Waals surface area (Å²) in [5.74, 6) is 1.96. The first-order valence-electron chi connectivity index (χ1n) is 13.4. The van der Waals surface area contributed by atoms with Gasteiger partial charge in [-0.15, -0.1) is 0 Å². The fourth-order valence-electron chi connectivity index (χ4n) is 5.24. The maximum absolute atomic E-state index is 11.5. The van der Waals surface area contributed by atoms with Crippen molar-refractivity contribution in [2.45, 2.75) is 32.6 Å². The average molecular weight is 510 g/mol. The number of carbonyl (C=O) groups is 1. The van der Waals surface area contributed by atoms with E-state index >= 15 is 0 Å². The van der Waals surface area contributed by atoms with E-state index in [-0.39, 0.29) is 5.97 Å². The highest BCUT2D eigenvalue weighted by molar-refractivity contribution is 5.93. The Labute approximate surface area is 224 Å². The monoisotopic (exact) mass is 509 g/mol. The molecule has 1 saturated heterocycles. The SMILES string of the molecule is COc1cccc(-c2ccc3cc(OC(C)=O)ccc3c2Cc2ccc(OCCN3CCCCC3)cc2)c1. The van der Waals surface area contributed by atoms with Gasteiger partial charge in [-0.05, 0) is 102 Å². The van der Waals surface area contributed by atoms with Crippen LogP contribution in [0.4, 0.5) is 0 Å². The Kier molecular flexibility index (Phi) is 8.25. The van der Waals surface area contributed by atoms with Gasteiger partial charge in [0.2, 0.25) is 0 Å². The lowest BCUT2D eigenvalue weighted by molar-refractivity contribution is -0.131. The van der Waals surface area contributed by atoms with E-state index in [2.05, 4.69) is 53.4 Å². The van der Waals surface area contributed by atoms with Crippen LogP contribution < -0.4 is 14.2 Å². The maximum Gasteiger partial charge on any atom is 0.308 e. The Morgan fingerprint density at radius 1 is 0.842 bits per heavy atom. The number of likely N-dealkylation sites (tertiary alicyclic amines) is 1. The molecule has 0 aromatic heterocycles. The molecule has 0 atom stereocenters. The Morgan fingerprint density at radius 2 is 1.63 bits per heavy atom. The van der Waals surface area contributed by atoms with Gasteiger partial charge in [0, 0.05) is 13.5 Å². The minimum atomic E-state index is -0.323. The summed E-state index contributed by atoms with van der Waals surface area (Å²) in [6.07, 6.45) is 4.70. The van der Waals surface area contributed by atoms with Gasteiger partial charge in [-0.2, -0.15) is 0 Å². The van der Waals surface area contributed by atoms with Crippen molar-refractivity contribution in [3.63, 3.8) is 0 Å². The highest BCUT2D eigenvalue weighted by Gasteiger charge is 2.14. The average Bonchev–Trinajstić information content (AvgIpc) is 2.94. The summed E-state index contributed by atoms with van der Waals surface area (Å²) in [4.78, 5) is 14.0. The summed E-state index contributed by atoms with van der Waals surface area (Å²) in [5.41, 5.74) is 4.67. The lowest BCUT2D eigenvalue weighted by Gasteiger charge is -2.26. The lowest BCUT2D eigenvalue weighted by atomic mass is 9.90. The van der Waals surface area contributed by atoms with Crippen molar-refractivity contribution in [2.75, 3.05) is 33.4 Å². The number of methoxy groups -OCH3 is 1. The van der Waals surface area contributed by atoms with E-state index < -0.39 is 0 Å². The van der Waals surface area contributed by atoms with Gasteiger partial charge >= 0.3 is 5.97 Å². The van der Waals surface area contributed by atoms with Crippen LogP contribution in [0.2, 0.25) is 0 Å². The van der Waals surface area contributed by atoms with E-state index in [9.17, 15) is 4.79 Å². The molecule has 1 fully saturated rings. The van der Waals surface area contributed by atoms with Gasteiger partial charge in [-0.1, -0.05) is 48.9 Å². The minimum absolute atomic E-state index is 0.323. The van der Waals surface area contributed by atoms with Gasteiger partial charge in [0.25, 0.3) is 0 Å². The summed E-state index contributed by atoms with van der Waals surface area (Å²) >= 11 is 0. The first-order valence-corrected chi connectivity index (χ1v) is 13.4. The second kappa shape index (κ2) is 12.1. The van der Waals surface area contributed by atoms with E-state index in [4.69, 9.17) is 14.2 Å². The Bertz CT molecular complexity index is 1390. The van der Waals surface area contributed by atoms with E-state index in [1.54, 1.807) is 7.11 Å². The summed E-state index contributed by atoms with van der Waals surface area (Å²) in [7, 11) is 1.69. The van der Waals surface area contributed by atoms with Crippen molar-refractivity contribution in [3.8, 4) is 28.4 Å². The Hall–Kier alpha value is -3.83. The molecule has 1 heterocycles. The highest BCUT2D eigenvalue weighted by atomic mass is 16.5. The number of carbonyl (C=O) groups excluding carboxylic acids is 1. The van der Waals surface area contributed by atoms with Gasteiger partial charge in [0.1, 0.15) is 23.9 Å². The molecule has 4 aromatic carbocycles. The van der Waals surface area contributed by atoms with Crippen LogP contribution in [0.25, 0.3) is 21.9 Å². The van der Waals surface area contributed by atoms with Gasteiger partial charge in [-0.25, -0.2) is 0 Å². The first kappa shape index (κ1) is 25.8. The molecule has 4 aromatic rings. The molecule has 0 amide bonds. The molecule has 0 saturated carbocycles. The molecule has 38 heavy (non-hydrogen) atoms. The van der Waals surface area contributed by atoms with Crippen molar-refractivity contribution < 1.29 is 19.0 Å². The highest BCUT2D eigenvalue weighted by Crippen LogP contribution is 2.35. The van der Waals surface area contributed by atoms with Gasteiger partial charge < -0.3 is 14.2 Å². The predicted octanol–water partition coefficient (Wildman–Crippen LogP) is 6.90. The van der Waals surface area contributed by atoms with Crippen LogP contribution in [0.5, 0.6) is 17.2 Å². The second-order valence-corrected chi connectivity index (χ2v) is 9.87. The number of nitrogens with zero attached hydrogens (tertiary/aromatic N) is 1. The third-order valence-corrected chi connectivity index (χ3v) is 7.17. The predicted molar refractivity (Wildman–Crippen MR) is 152 cm³/mol. The third-order valence-electron chi connectivity index (χ3n) is 7.17. The standard InChI is InChI=1S/C33H35NO4/c1-24(35)38-30-14-16-32-27(23-30)11-15-31(26-7-6-8-29(22-26)36-2)33(32)21-25-9-12-28(13-10-25)37-20-19-34-17-4-3-5-18-34/h6-16,22-23H,3-5,17-21H2,1-2H3. The summed E-state index contributed by atoms with van der Waals surface area (Å²) in [6.45, 7) is 5.49. The largest absolute Gasteiger partial charge is 0.497 e. The zero-order chi connectivity index (χ0) is 26.3. The van der Waals surface area contributed by atoms with E-state index in [1.807, 2.05) is 30.3 Å². The number of esters is 1. The second-order valence-electron chi connectivity index (χ2n) is 9.87. The summed E-state index contributed by atoms with van der Waals surface area (Å²) in [6, 6.07) is 26.7. The number of ether oxygens (including phenoxy) is 3. The van der Waals surface area contributed by atoms with Crippen molar-refractivity contribution in [3.05, 3.63) is 90.0 Å². The van der Waals surface area contributed by atoms with Gasteiger partial charge in [0.05, 0.1) is 7.11 Å². The fourth-order valence-corrected chi connectivity index (χ4v) is 5.24. The molecule has 5 heteroatoms. The lowest BCUT2D eigenvalue weighted by Crippen LogP contribution is -2.33. The number of rotatable bonds is 9. The first-order chi connectivity index (χ1) is 18.6. The van der Waals surface area contributed by atoms with Crippen LogP contribution in [-0.4, -0.2) is 44.2 Å². The molecule has 0 unspecified atom stereocenters. The van der Waals surface area contributed by atoms with E-state index in [1.165, 1.54) is 50.4 Å². The van der Waals surface area contributed by atoms with Crippen molar-refractivity contribution in [1.82, 2.24) is 4.90 Å². The zero-order valence-electron chi connectivity index (χ0n) is 22.2. The molecule has 196 valence electrons. The molecule has 1 aliphatic heterocycles. The van der Waals surface area contributed by atoms with Crippen LogP contribution >= 0.6 is 0 Å².